The summed E-state index contributed by atoms with van der Waals surface area (Å²) in [5.41, 5.74) is 0. The van der Waals surface area contributed by atoms with E-state index in [1.807, 2.05) is 0 Å². The predicted octanol–water partition coefficient (Wildman–Crippen LogP) is 3.25. The van der Waals surface area contributed by atoms with Gasteiger partial charge in [0.25, 0.3) is 0 Å². The quantitative estimate of drug-likeness (QED) is 0.291. The number of ether oxygens (including phenoxy) is 1. The average molecular weight is 325 g/mol. The molecule has 0 aliphatic heterocycles. The summed E-state index contributed by atoms with van der Waals surface area (Å²) in [5, 5.41) is 27.8. The molecule has 2 N–H and O–H groups in total. The van der Waals surface area contributed by atoms with Crippen molar-refractivity contribution in [2.24, 2.45) is 0 Å². The first kappa shape index (κ1) is 21.6. The van der Waals surface area contributed by atoms with E-state index in [-0.39, 0.29) is 13.0 Å². The summed E-state index contributed by atoms with van der Waals surface area (Å²) in [7, 11) is 0. The zero-order valence-corrected chi connectivity index (χ0v) is 14.2. The van der Waals surface area contributed by atoms with Gasteiger partial charge in [0.05, 0.1) is 18.3 Å². The third-order valence-electron chi connectivity index (χ3n) is 3.52. The van der Waals surface area contributed by atoms with Crippen molar-refractivity contribution < 1.29 is 19.7 Å². The fraction of sp³-hybridized carbons (Fsp3) is 0.778. The van der Waals surface area contributed by atoms with Crippen LogP contribution in [0.25, 0.3) is 0 Å². The molecule has 0 aliphatic carbocycles. The second-order valence-corrected chi connectivity index (χ2v) is 5.86. The van der Waals surface area contributed by atoms with Gasteiger partial charge >= 0.3 is 5.97 Å². The predicted molar refractivity (Wildman–Crippen MR) is 89.6 cm³/mol. The van der Waals surface area contributed by atoms with Crippen LogP contribution in [-0.2, 0) is 9.53 Å². The molecule has 23 heavy (non-hydrogen) atoms. The Morgan fingerprint density at radius 1 is 1.09 bits per heavy atom. The molecule has 2 atom stereocenters. The molecule has 0 aliphatic rings. The molecule has 0 bridgehead atoms. The van der Waals surface area contributed by atoms with E-state index < -0.39 is 18.2 Å². The number of aliphatic hydroxyl groups is 2. The number of allylic oxidation sites excluding steroid dienone is 2. The topological polar surface area (TPSA) is 90.6 Å². The highest BCUT2D eigenvalue weighted by Gasteiger charge is 2.12. The van der Waals surface area contributed by atoms with Crippen LogP contribution in [0.1, 0.15) is 71.1 Å². The van der Waals surface area contributed by atoms with E-state index in [0.29, 0.717) is 12.8 Å². The van der Waals surface area contributed by atoms with E-state index in [1.165, 1.54) is 13.3 Å². The number of carbonyl (C=O) groups is 1. The van der Waals surface area contributed by atoms with Gasteiger partial charge < -0.3 is 14.9 Å². The largest absolute Gasteiger partial charge is 0.463 e. The fourth-order valence-corrected chi connectivity index (χ4v) is 2.27. The molecule has 0 heterocycles. The number of nitriles is 1. The molecule has 1 unspecified atom stereocenters. The van der Waals surface area contributed by atoms with Crippen molar-refractivity contribution in [3.05, 3.63) is 12.2 Å². The minimum absolute atomic E-state index is 0.0473. The Hall–Kier alpha value is -1.38. The summed E-state index contributed by atoms with van der Waals surface area (Å²) in [5.74, 6) is -0.418. The maximum atomic E-state index is 10.6. The molecule has 0 aromatic heterocycles. The lowest BCUT2D eigenvalue weighted by Gasteiger charge is -2.15. The normalized spacial score (nSPS) is 13.7. The van der Waals surface area contributed by atoms with Crippen LogP contribution < -0.4 is 0 Å². The van der Waals surface area contributed by atoms with Crippen LogP contribution in [0.2, 0.25) is 0 Å². The maximum Gasteiger partial charge on any atom is 0.302 e. The molecule has 0 amide bonds. The van der Waals surface area contributed by atoms with Gasteiger partial charge in [0, 0.05) is 19.8 Å². The average Bonchev–Trinajstić information content (AvgIpc) is 2.50. The number of hydrogen-bond acceptors (Lipinski definition) is 5. The minimum atomic E-state index is -0.790. The molecule has 5 nitrogen and oxygen atoms in total. The number of carbonyl (C=O) groups excluding carboxylic acids is 1. The summed E-state index contributed by atoms with van der Waals surface area (Å²) in [4.78, 5) is 10.6. The van der Waals surface area contributed by atoms with Gasteiger partial charge in [-0.2, -0.15) is 5.26 Å². The Labute approximate surface area is 140 Å². The molecular formula is C18H31NO4. The van der Waals surface area contributed by atoms with Gasteiger partial charge in [-0.05, 0) is 25.7 Å². The SMILES string of the molecule is CC(=O)OCC(O)C[C@@H](O)CCCCCCC/C=C/CCC#N. The second kappa shape index (κ2) is 15.5. The van der Waals surface area contributed by atoms with Crippen LogP contribution in [0, 0.1) is 11.3 Å². The van der Waals surface area contributed by atoms with Crippen molar-refractivity contribution in [3.63, 3.8) is 0 Å². The molecule has 0 aromatic rings. The van der Waals surface area contributed by atoms with Gasteiger partial charge in [-0.15, -0.1) is 0 Å². The summed E-state index contributed by atoms with van der Waals surface area (Å²) in [6.45, 7) is 1.25. The monoisotopic (exact) mass is 325 g/mol. The molecular weight excluding hydrogens is 294 g/mol. The lowest BCUT2D eigenvalue weighted by Crippen LogP contribution is -2.23. The van der Waals surface area contributed by atoms with Crippen molar-refractivity contribution in [1.29, 1.82) is 5.26 Å². The Kier molecular flexibility index (Phi) is 14.6. The number of rotatable bonds is 14. The van der Waals surface area contributed by atoms with Crippen LogP contribution in [0.5, 0.6) is 0 Å². The highest BCUT2D eigenvalue weighted by Crippen LogP contribution is 2.12. The van der Waals surface area contributed by atoms with E-state index in [1.54, 1.807) is 0 Å². The van der Waals surface area contributed by atoms with Gasteiger partial charge in [0.15, 0.2) is 0 Å². The number of esters is 1. The standard InChI is InChI=1S/C18H31NO4/c1-16(20)23-15-18(22)14-17(21)12-10-8-6-4-2-3-5-7-9-11-13-19/h5,7,17-18,21-22H,2-4,6,8-12,14-15H2,1H3/b7-5+/t17-,18?/m0/s1. The van der Waals surface area contributed by atoms with Crippen molar-refractivity contribution in [2.75, 3.05) is 6.61 Å². The highest BCUT2D eigenvalue weighted by molar-refractivity contribution is 5.65. The van der Waals surface area contributed by atoms with Gasteiger partial charge in [-0.1, -0.05) is 37.8 Å². The Bertz CT molecular complexity index is 363. The zero-order chi connectivity index (χ0) is 17.3. The van der Waals surface area contributed by atoms with Gasteiger partial charge in [0.2, 0.25) is 0 Å². The minimum Gasteiger partial charge on any atom is -0.463 e. The summed E-state index contributed by atoms with van der Waals surface area (Å²) in [6.07, 6.45) is 11.8. The lowest BCUT2D eigenvalue weighted by atomic mass is 10.0. The molecule has 0 aromatic carbocycles. The summed E-state index contributed by atoms with van der Waals surface area (Å²) >= 11 is 0. The molecule has 5 heteroatoms. The van der Waals surface area contributed by atoms with Crippen molar-refractivity contribution in [3.8, 4) is 6.07 Å². The van der Waals surface area contributed by atoms with Crippen LogP contribution in [0.3, 0.4) is 0 Å². The highest BCUT2D eigenvalue weighted by atomic mass is 16.5. The van der Waals surface area contributed by atoms with E-state index in [2.05, 4.69) is 18.2 Å². The molecule has 132 valence electrons. The first-order valence-electron chi connectivity index (χ1n) is 8.57. The summed E-state index contributed by atoms with van der Waals surface area (Å²) in [6, 6.07) is 2.12. The molecule has 0 spiro atoms. The van der Waals surface area contributed by atoms with Crippen molar-refractivity contribution >= 4 is 5.97 Å². The van der Waals surface area contributed by atoms with E-state index in [9.17, 15) is 15.0 Å². The van der Waals surface area contributed by atoms with Crippen LogP contribution in [0.15, 0.2) is 12.2 Å². The van der Waals surface area contributed by atoms with Gasteiger partial charge in [-0.3, -0.25) is 4.79 Å². The Morgan fingerprint density at radius 2 is 1.74 bits per heavy atom. The molecule has 0 fully saturated rings. The van der Waals surface area contributed by atoms with E-state index >= 15 is 0 Å². The first-order valence-corrected chi connectivity index (χ1v) is 8.57. The zero-order valence-electron chi connectivity index (χ0n) is 14.2. The van der Waals surface area contributed by atoms with Crippen LogP contribution in [-0.4, -0.2) is 35.0 Å². The van der Waals surface area contributed by atoms with Gasteiger partial charge in [-0.25, -0.2) is 0 Å². The second-order valence-electron chi connectivity index (χ2n) is 5.86. The van der Waals surface area contributed by atoms with Gasteiger partial charge in [0.1, 0.15) is 6.61 Å². The van der Waals surface area contributed by atoms with Crippen LogP contribution in [0.4, 0.5) is 0 Å². The van der Waals surface area contributed by atoms with E-state index in [0.717, 1.165) is 38.5 Å². The van der Waals surface area contributed by atoms with Crippen molar-refractivity contribution in [1.82, 2.24) is 0 Å². The number of aliphatic hydroxyl groups excluding tert-OH is 2. The number of nitrogens with zero attached hydrogens (tertiary/aromatic N) is 1. The number of hydrogen-bond donors (Lipinski definition) is 2. The first-order chi connectivity index (χ1) is 11.1. The molecule has 0 radical (unpaired) electrons. The van der Waals surface area contributed by atoms with Crippen molar-refractivity contribution in [2.45, 2.75) is 83.3 Å². The lowest BCUT2D eigenvalue weighted by molar-refractivity contribution is -0.144. The third kappa shape index (κ3) is 16.8. The Balaban J connectivity index is 3.38. The van der Waals surface area contributed by atoms with E-state index in [4.69, 9.17) is 10.00 Å². The molecule has 0 rings (SSSR count). The fourth-order valence-electron chi connectivity index (χ4n) is 2.27. The summed E-state index contributed by atoms with van der Waals surface area (Å²) < 4.78 is 4.69. The molecule has 0 saturated heterocycles. The third-order valence-corrected chi connectivity index (χ3v) is 3.52. The maximum absolute atomic E-state index is 10.6. The molecule has 0 saturated carbocycles. The smallest absolute Gasteiger partial charge is 0.302 e. The Morgan fingerprint density at radius 3 is 2.43 bits per heavy atom. The van der Waals surface area contributed by atoms with Crippen LogP contribution >= 0.6 is 0 Å². The number of unbranched alkanes of at least 4 members (excludes halogenated alkanes) is 6.